The number of morpholine rings is 1. The summed E-state index contributed by atoms with van der Waals surface area (Å²) in [6, 6.07) is 7.57. The number of anilines is 1. The zero-order chi connectivity index (χ0) is 21.0. The van der Waals surface area contributed by atoms with Crippen molar-refractivity contribution in [3.8, 4) is 5.75 Å². The smallest absolute Gasteiger partial charge is 0.256 e. The molecule has 1 amide bonds. The Kier molecular flexibility index (Phi) is 10.5. The van der Waals surface area contributed by atoms with Crippen LogP contribution in [0.3, 0.4) is 0 Å². The molecule has 1 aromatic carbocycles. The Morgan fingerprint density at radius 3 is 2.52 bits per heavy atom. The number of amides is 1. The second-order valence-corrected chi connectivity index (χ2v) is 7.76. The number of ether oxygens (including phenoxy) is 3. The molecule has 1 heterocycles. The van der Waals surface area contributed by atoms with Crippen LogP contribution in [0.2, 0.25) is 0 Å². The minimum absolute atomic E-state index is 0.0883. The van der Waals surface area contributed by atoms with Crippen molar-refractivity contribution in [1.82, 2.24) is 4.90 Å². The molecule has 1 aliphatic rings. The molecule has 0 spiro atoms. The molecule has 0 saturated carbocycles. The predicted octanol–water partition coefficient (Wildman–Crippen LogP) is 4.10. The highest BCUT2D eigenvalue weighted by atomic mass is 16.5. The molecular weight excluding hydrogens is 368 g/mol. The van der Waals surface area contributed by atoms with Crippen molar-refractivity contribution < 1.29 is 19.0 Å². The van der Waals surface area contributed by atoms with Crippen LogP contribution in [0.4, 0.5) is 5.69 Å². The number of nitrogens with zero attached hydrogens (tertiary/aromatic N) is 1. The first kappa shape index (κ1) is 23.6. The van der Waals surface area contributed by atoms with Gasteiger partial charge >= 0.3 is 0 Å². The molecule has 0 bridgehead atoms. The van der Waals surface area contributed by atoms with Crippen molar-refractivity contribution >= 4 is 11.6 Å². The van der Waals surface area contributed by atoms with Gasteiger partial charge in [-0.25, -0.2) is 0 Å². The van der Waals surface area contributed by atoms with Crippen LogP contribution in [0.15, 0.2) is 24.3 Å². The fourth-order valence-corrected chi connectivity index (χ4v) is 3.48. The van der Waals surface area contributed by atoms with Gasteiger partial charge in [0.1, 0.15) is 11.4 Å². The standard InChI is InChI=1S/C23H38N2O4/c1-4-6-7-13-23(3,29-5-2)22(26)24-20-9-11-21(12-10-20)28-17-8-14-25-15-18-27-19-16-25/h9-12H,4-8,13-19H2,1-3H3,(H,24,26)/t23-/m0/s1. The van der Waals surface area contributed by atoms with Gasteiger partial charge in [-0.1, -0.05) is 26.2 Å². The van der Waals surface area contributed by atoms with Crippen LogP contribution in [-0.2, 0) is 14.3 Å². The maximum atomic E-state index is 12.8. The maximum absolute atomic E-state index is 12.8. The monoisotopic (exact) mass is 406 g/mol. The lowest BCUT2D eigenvalue weighted by molar-refractivity contribution is -0.139. The molecule has 0 aliphatic carbocycles. The van der Waals surface area contributed by atoms with Crippen LogP contribution in [0.1, 0.15) is 52.9 Å². The Labute approximate surface area is 175 Å². The van der Waals surface area contributed by atoms with Crippen molar-refractivity contribution in [2.24, 2.45) is 0 Å². The first-order chi connectivity index (χ1) is 14.1. The minimum Gasteiger partial charge on any atom is -0.494 e. The highest BCUT2D eigenvalue weighted by Crippen LogP contribution is 2.23. The number of nitrogens with one attached hydrogen (secondary N) is 1. The van der Waals surface area contributed by atoms with Crippen molar-refractivity contribution in [2.45, 2.75) is 58.5 Å². The molecule has 1 saturated heterocycles. The number of hydrogen-bond donors (Lipinski definition) is 1. The molecule has 0 radical (unpaired) electrons. The zero-order valence-electron chi connectivity index (χ0n) is 18.4. The second-order valence-electron chi connectivity index (χ2n) is 7.76. The molecule has 6 heteroatoms. The SMILES string of the molecule is CCCCC[C@](C)(OCC)C(=O)Nc1ccc(OCCCN2CCOCC2)cc1. The number of benzene rings is 1. The summed E-state index contributed by atoms with van der Waals surface area (Å²) in [6.45, 7) is 11.9. The number of hydrogen-bond acceptors (Lipinski definition) is 5. The van der Waals surface area contributed by atoms with E-state index in [-0.39, 0.29) is 5.91 Å². The number of unbranched alkanes of at least 4 members (excludes halogenated alkanes) is 2. The summed E-state index contributed by atoms with van der Waals surface area (Å²) in [5.74, 6) is 0.732. The highest BCUT2D eigenvalue weighted by Gasteiger charge is 2.33. The lowest BCUT2D eigenvalue weighted by atomic mass is 9.96. The Morgan fingerprint density at radius 2 is 1.86 bits per heavy atom. The minimum atomic E-state index is -0.793. The highest BCUT2D eigenvalue weighted by molar-refractivity contribution is 5.97. The average Bonchev–Trinajstić information content (AvgIpc) is 2.73. The van der Waals surface area contributed by atoms with E-state index >= 15 is 0 Å². The lowest BCUT2D eigenvalue weighted by Crippen LogP contribution is -2.42. The van der Waals surface area contributed by atoms with Gasteiger partial charge in [0.25, 0.3) is 5.91 Å². The molecule has 0 aromatic heterocycles. The lowest BCUT2D eigenvalue weighted by Gasteiger charge is -2.28. The van der Waals surface area contributed by atoms with Crippen LogP contribution in [0, 0.1) is 0 Å². The summed E-state index contributed by atoms with van der Waals surface area (Å²) in [4.78, 5) is 15.2. The van der Waals surface area contributed by atoms with E-state index in [4.69, 9.17) is 14.2 Å². The number of carbonyl (C=O) groups is 1. The van der Waals surface area contributed by atoms with Gasteiger partial charge in [0.05, 0.1) is 19.8 Å². The van der Waals surface area contributed by atoms with E-state index in [1.807, 2.05) is 38.1 Å². The molecule has 0 unspecified atom stereocenters. The summed E-state index contributed by atoms with van der Waals surface area (Å²) < 4.78 is 17.0. The average molecular weight is 407 g/mol. The van der Waals surface area contributed by atoms with Gasteiger partial charge in [-0.15, -0.1) is 0 Å². The first-order valence-electron chi connectivity index (χ1n) is 11.1. The van der Waals surface area contributed by atoms with E-state index in [9.17, 15) is 4.79 Å². The molecule has 1 atom stereocenters. The topological polar surface area (TPSA) is 60.0 Å². The zero-order valence-corrected chi connectivity index (χ0v) is 18.4. The maximum Gasteiger partial charge on any atom is 0.256 e. The predicted molar refractivity (Wildman–Crippen MR) is 117 cm³/mol. The summed E-state index contributed by atoms with van der Waals surface area (Å²) in [5, 5.41) is 2.99. The Morgan fingerprint density at radius 1 is 1.14 bits per heavy atom. The summed E-state index contributed by atoms with van der Waals surface area (Å²) >= 11 is 0. The molecule has 29 heavy (non-hydrogen) atoms. The van der Waals surface area contributed by atoms with Crippen molar-refractivity contribution in [2.75, 3.05) is 51.4 Å². The van der Waals surface area contributed by atoms with Crippen LogP contribution in [0.25, 0.3) is 0 Å². The Hall–Kier alpha value is -1.63. The van der Waals surface area contributed by atoms with E-state index in [0.717, 1.165) is 76.4 Å². The molecule has 1 aromatic rings. The summed E-state index contributed by atoms with van der Waals surface area (Å²) in [6.07, 6.45) is 4.93. The second kappa shape index (κ2) is 12.8. The molecule has 1 N–H and O–H groups in total. The first-order valence-corrected chi connectivity index (χ1v) is 11.1. The van der Waals surface area contributed by atoms with E-state index < -0.39 is 5.60 Å². The van der Waals surface area contributed by atoms with Crippen LogP contribution >= 0.6 is 0 Å². The van der Waals surface area contributed by atoms with E-state index in [1.54, 1.807) is 0 Å². The molecular formula is C23H38N2O4. The van der Waals surface area contributed by atoms with Gasteiger partial charge in [0.2, 0.25) is 0 Å². The van der Waals surface area contributed by atoms with Gasteiger partial charge in [-0.05, 0) is 51.0 Å². The van der Waals surface area contributed by atoms with Crippen molar-refractivity contribution in [3.63, 3.8) is 0 Å². The third-order valence-electron chi connectivity index (χ3n) is 5.30. The molecule has 164 valence electrons. The Bertz CT molecular complexity index is 587. The largest absolute Gasteiger partial charge is 0.494 e. The fraction of sp³-hybridized carbons (Fsp3) is 0.696. The normalized spacial score (nSPS) is 16.9. The van der Waals surface area contributed by atoms with Crippen LogP contribution < -0.4 is 10.1 Å². The summed E-state index contributed by atoms with van der Waals surface area (Å²) in [5.41, 5.74) is -0.0319. The van der Waals surface area contributed by atoms with Crippen LogP contribution in [-0.4, -0.2) is 62.5 Å². The van der Waals surface area contributed by atoms with Gasteiger partial charge < -0.3 is 19.5 Å². The van der Waals surface area contributed by atoms with Crippen LogP contribution in [0.5, 0.6) is 5.75 Å². The number of carbonyl (C=O) groups excluding carboxylic acids is 1. The van der Waals surface area contributed by atoms with E-state index in [1.165, 1.54) is 0 Å². The third-order valence-corrected chi connectivity index (χ3v) is 5.30. The quantitative estimate of drug-likeness (QED) is 0.500. The molecule has 1 aliphatic heterocycles. The van der Waals surface area contributed by atoms with E-state index in [2.05, 4.69) is 17.1 Å². The number of rotatable bonds is 13. The Balaban J connectivity index is 1.76. The van der Waals surface area contributed by atoms with Crippen molar-refractivity contribution in [1.29, 1.82) is 0 Å². The fourth-order valence-electron chi connectivity index (χ4n) is 3.48. The van der Waals surface area contributed by atoms with Crippen molar-refractivity contribution in [3.05, 3.63) is 24.3 Å². The van der Waals surface area contributed by atoms with Gasteiger partial charge in [-0.2, -0.15) is 0 Å². The molecule has 2 rings (SSSR count). The molecule has 1 fully saturated rings. The van der Waals surface area contributed by atoms with Gasteiger partial charge in [0, 0.05) is 31.9 Å². The summed E-state index contributed by atoms with van der Waals surface area (Å²) in [7, 11) is 0. The van der Waals surface area contributed by atoms with Gasteiger partial charge in [-0.3, -0.25) is 9.69 Å². The third kappa shape index (κ3) is 8.33. The molecule has 6 nitrogen and oxygen atoms in total. The van der Waals surface area contributed by atoms with Gasteiger partial charge in [0.15, 0.2) is 0 Å². The van der Waals surface area contributed by atoms with E-state index in [0.29, 0.717) is 13.2 Å².